The minimum Gasteiger partial charge on any atom is -0.679 e. The maximum absolute atomic E-state index is 10.2. The summed E-state index contributed by atoms with van der Waals surface area (Å²) in [6.45, 7) is 7.75. The van der Waals surface area contributed by atoms with Gasteiger partial charge in [-0.2, -0.15) is 13.1 Å². The predicted octanol–water partition coefficient (Wildman–Crippen LogP) is 5.41. The molecule has 3 rings (SSSR count). The Morgan fingerprint density at radius 1 is 0.655 bits per heavy atom. The van der Waals surface area contributed by atoms with E-state index in [9.17, 15) is 5.11 Å². The van der Waals surface area contributed by atoms with Crippen molar-refractivity contribution in [3.63, 3.8) is 0 Å². The molecule has 0 amide bonds. The van der Waals surface area contributed by atoms with Crippen molar-refractivity contribution in [3.05, 3.63) is 110 Å². The first kappa shape index (κ1) is 27.5. The van der Waals surface area contributed by atoms with E-state index in [2.05, 4.69) is 62.4 Å². The van der Waals surface area contributed by atoms with Gasteiger partial charge in [0.15, 0.2) is 5.75 Å². The van der Waals surface area contributed by atoms with Crippen molar-refractivity contribution in [2.75, 3.05) is 13.1 Å². The Labute approximate surface area is 190 Å². The summed E-state index contributed by atoms with van der Waals surface area (Å²) >= 11 is 0. The number of hydrogen-bond acceptors (Lipinski definition) is 1. The van der Waals surface area contributed by atoms with Gasteiger partial charge >= 0.3 is 0 Å². The van der Waals surface area contributed by atoms with Gasteiger partial charge in [0.1, 0.15) is 23.8 Å². The molecule has 0 unspecified atom stereocenters. The van der Waals surface area contributed by atoms with Crippen molar-refractivity contribution in [3.8, 4) is 5.75 Å². The molecule has 0 bridgehead atoms. The number of aromatic hydroxyl groups is 1. The Balaban J connectivity index is 0.000000752. The van der Waals surface area contributed by atoms with E-state index < -0.39 is 7.92 Å². The first-order valence-electron chi connectivity index (χ1n) is 9.33. The molecule has 29 heavy (non-hydrogen) atoms. The molecule has 0 saturated carbocycles. The summed E-state index contributed by atoms with van der Waals surface area (Å²) in [5, 5.41) is 13.8. The van der Waals surface area contributed by atoms with Crippen LogP contribution in [0.15, 0.2) is 84.9 Å². The molecule has 0 spiro atoms. The van der Waals surface area contributed by atoms with E-state index in [1.54, 1.807) is 6.07 Å². The molecule has 159 valence electrons. The molecular formula is C24H30IrN2OP-3. The van der Waals surface area contributed by atoms with Crippen LogP contribution in [0.5, 0.6) is 5.75 Å². The zero-order chi connectivity index (χ0) is 20.6. The average Bonchev–Trinajstić information content (AvgIpc) is 2.77. The zero-order valence-corrected chi connectivity index (χ0v) is 20.0. The van der Waals surface area contributed by atoms with Crippen molar-refractivity contribution < 1.29 is 25.2 Å². The van der Waals surface area contributed by atoms with Gasteiger partial charge in [-0.3, -0.25) is 0 Å². The fourth-order valence-electron chi connectivity index (χ4n) is 2.37. The number of phenolic OH excluding ortho intramolecular Hbond substituents is 1. The van der Waals surface area contributed by atoms with Gasteiger partial charge in [0, 0.05) is 20.1 Å². The van der Waals surface area contributed by atoms with E-state index in [1.165, 1.54) is 10.6 Å². The SMILES string of the molecule is Oc1ccccc1[PH+](c1ccccc1)c1ccccc1.[CH2-]CC[NH-].[CH2-]CC[NH-].[Ir]. The molecule has 0 saturated heterocycles. The predicted molar refractivity (Wildman–Crippen MR) is 127 cm³/mol. The summed E-state index contributed by atoms with van der Waals surface area (Å²) in [4.78, 5) is 0. The molecule has 0 fully saturated rings. The minimum atomic E-state index is -1.16. The molecule has 0 aliphatic heterocycles. The molecular weight excluding hydrogens is 555 g/mol. The van der Waals surface area contributed by atoms with Gasteiger partial charge in [-0.05, 0) is 36.4 Å². The summed E-state index contributed by atoms with van der Waals surface area (Å²) in [6, 6.07) is 28.5. The van der Waals surface area contributed by atoms with E-state index >= 15 is 0 Å². The van der Waals surface area contributed by atoms with Gasteiger partial charge in [0.05, 0.1) is 0 Å². The monoisotopic (exact) mass is 586 g/mol. The summed E-state index contributed by atoms with van der Waals surface area (Å²) in [5.74, 6) is 0.383. The summed E-state index contributed by atoms with van der Waals surface area (Å²) in [6.07, 6.45) is 1.47. The number of nitrogens with one attached hydrogen (secondary N) is 2. The summed E-state index contributed by atoms with van der Waals surface area (Å²) in [7, 11) is -1.16. The molecule has 3 nitrogen and oxygen atoms in total. The van der Waals surface area contributed by atoms with E-state index in [0.717, 1.165) is 18.1 Å². The van der Waals surface area contributed by atoms with Gasteiger partial charge in [-0.25, -0.2) is 12.8 Å². The Bertz CT molecular complexity index is 710. The van der Waals surface area contributed by atoms with Crippen LogP contribution in [0.1, 0.15) is 12.8 Å². The number of hydrogen-bond donors (Lipinski definition) is 1. The van der Waals surface area contributed by atoms with E-state index in [4.69, 9.17) is 11.5 Å². The second-order valence-corrected chi connectivity index (χ2v) is 8.27. The van der Waals surface area contributed by atoms with E-state index in [-0.39, 0.29) is 20.1 Å². The van der Waals surface area contributed by atoms with Gasteiger partial charge < -0.3 is 30.4 Å². The molecule has 0 heterocycles. The largest absolute Gasteiger partial charge is 0.679 e. The quantitative estimate of drug-likeness (QED) is 0.316. The van der Waals surface area contributed by atoms with Crippen molar-refractivity contribution in [1.82, 2.24) is 0 Å². The van der Waals surface area contributed by atoms with Crippen LogP contribution in [0.25, 0.3) is 11.5 Å². The fourth-order valence-corrected chi connectivity index (χ4v) is 4.98. The van der Waals surface area contributed by atoms with Crippen molar-refractivity contribution in [1.29, 1.82) is 0 Å². The Morgan fingerprint density at radius 2 is 1.00 bits per heavy atom. The van der Waals surface area contributed by atoms with Crippen LogP contribution in [-0.2, 0) is 20.1 Å². The van der Waals surface area contributed by atoms with Crippen molar-refractivity contribution >= 4 is 23.8 Å². The number of para-hydroxylation sites is 1. The smallest absolute Gasteiger partial charge is 0.158 e. The molecule has 0 aliphatic carbocycles. The average molecular weight is 586 g/mol. The first-order chi connectivity index (χ1) is 13.7. The second kappa shape index (κ2) is 17.3. The fraction of sp³-hybridized carbons (Fsp3) is 0.167. The van der Waals surface area contributed by atoms with Crippen LogP contribution in [0, 0.1) is 13.8 Å². The van der Waals surface area contributed by atoms with Crippen LogP contribution < -0.4 is 15.9 Å². The van der Waals surface area contributed by atoms with Crippen LogP contribution >= 0.6 is 7.92 Å². The molecule has 5 heteroatoms. The number of phenols is 1. The molecule has 1 radical (unpaired) electrons. The molecule has 0 aromatic heterocycles. The molecule has 3 aromatic rings. The van der Waals surface area contributed by atoms with E-state index in [1.807, 2.05) is 30.3 Å². The minimum absolute atomic E-state index is 0. The third-order valence-corrected chi connectivity index (χ3v) is 6.43. The molecule has 3 N–H and O–H groups in total. The molecule has 3 aromatic carbocycles. The van der Waals surface area contributed by atoms with Gasteiger partial charge in [-0.15, -0.1) is 0 Å². The third-order valence-electron chi connectivity index (χ3n) is 3.65. The molecule has 0 atom stereocenters. The van der Waals surface area contributed by atoms with Crippen molar-refractivity contribution in [2.24, 2.45) is 0 Å². The van der Waals surface area contributed by atoms with Gasteiger partial charge in [0.2, 0.25) is 0 Å². The Kier molecular flexibility index (Phi) is 16.4. The Hall–Kier alpha value is -1.54. The number of benzene rings is 3. The Morgan fingerprint density at radius 3 is 1.34 bits per heavy atom. The maximum Gasteiger partial charge on any atom is 0.158 e. The second-order valence-electron chi connectivity index (χ2n) is 5.83. The van der Waals surface area contributed by atoms with Gasteiger partial charge in [0.25, 0.3) is 0 Å². The van der Waals surface area contributed by atoms with Crippen LogP contribution in [0.2, 0.25) is 0 Å². The van der Waals surface area contributed by atoms with E-state index in [0.29, 0.717) is 18.8 Å². The first-order valence-corrected chi connectivity index (χ1v) is 10.8. The van der Waals surface area contributed by atoms with Crippen molar-refractivity contribution in [2.45, 2.75) is 12.8 Å². The summed E-state index contributed by atoms with van der Waals surface area (Å²) in [5.41, 5.74) is 12.8. The maximum atomic E-state index is 10.2. The molecule has 0 aliphatic rings. The van der Waals surface area contributed by atoms with Gasteiger partial charge in [-0.1, -0.05) is 48.5 Å². The topological polar surface area (TPSA) is 67.8 Å². The van der Waals surface area contributed by atoms with Crippen LogP contribution in [0.4, 0.5) is 0 Å². The third kappa shape index (κ3) is 10.2. The normalized spacial score (nSPS) is 9.41. The summed E-state index contributed by atoms with van der Waals surface area (Å²) < 4.78 is 0. The standard InChI is InChI=1S/C18H15OP.2C3H7N.Ir/c19-17-13-7-8-14-18(17)20(15-9-3-1-4-10-15)16-11-5-2-6-12-16;2*1-2-3-4;/h1-14,19H;2*4H,1-3H2;/q;2*-2;/p+1. The van der Waals surface area contributed by atoms with Crippen LogP contribution in [-0.4, -0.2) is 18.2 Å². The number of rotatable bonds is 5. The zero-order valence-electron chi connectivity index (χ0n) is 16.6. The van der Waals surface area contributed by atoms with Crippen LogP contribution in [0.3, 0.4) is 0 Å².